The van der Waals surface area contributed by atoms with Crippen molar-refractivity contribution in [3.05, 3.63) is 53.9 Å². The molecule has 0 amide bonds. The van der Waals surface area contributed by atoms with E-state index in [0.29, 0.717) is 6.54 Å². The number of nitrogens with zero attached hydrogens (tertiary/aromatic N) is 3. The molecule has 168 valence electrons. The largest absolute Gasteiger partial charge is 0.435 e. The third kappa shape index (κ3) is 7.08. The summed E-state index contributed by atoms with van der Waals surface area (Å²) in [5, 5.41) is 6.89. The zero-order valence-corrected chi connectivity index (χ0v) is 18.2. The lowest BCUT2D eigenvalue weighted by molar-refractivity contribution is -0.0498. The lowest BCUT2D eigenvalue weighted by Crippen LogP contribution is -2.51. The number of hydrogen-bond acceptors (Lipinski definition) is 4. The fourth-order valence-electron chi connectivity index (χ4n) is 3.75. The molecule has 2 aromatic rings. The standard InChI is InChI=1S/C23H31F2N5O/c1-3-27-23(28-13-11-18-10-12-26-15-17(18)2)29-19-5-4-14-30(16-19)20-6-8-21(9-7-20)31-22(24)25/h6-10,12,15,19,22H,3-5,11,13-14,16H2,1-2H3,(H2,27,28,29). The van der Waals surface area contributed by atoms with E-state index in [1.54, 1.807) is 12.1 Å². The van der Waals surface area contributed by atoms with E-state index >= 15 is 0 Å². The van der Waals surface area contributed by atoms with Gasteiger partial charge in [-0.3, -0.25) is 9.98 Å². The van der Waals surface area contributed by atoms with Gasteiger partial charge in [0.05, 0.1) is 0 Å². The molecule has 0 radical (unpaired) electrons. The molecule has 0 bridgehead atoms. The zero-order valence-electron chi connectivity index (χ0n) is 18.2. The molecule has 1 aliphatic heterocycles. The highest BCUT2D eigenvalue weighted by Crippen LogP contribution is 2.23. The van der Waals surface area contributed by atoms with Crippen molar-refractivity contribution in [3.8, 4) is 5.75 Å². The minimum atomic E-state index is -2.80. The fourth-order valence-corrected chi connectivity index (χ4v) is 3.75. The maximum absolute atomic E-state index is 12.4. The molecule has 1 fully saturated rings. The number of nitrogens with one attached hydrogen (secondary N) is 2. The predicted molar refractivity (Wildman–Crippen MR) is 120 cm³/mol. The van der Waals surface area contributed by atoms with Crippen LogP contribution in [-0.2, 0) is 6.42 Å². The summed E-state index contributed by atoms with van der Waals surface area (Å²) in [4.78, 5) is 11.1. The van der Waals surface area contributed by atoms with Crippen LogP contribution in [0.25, 0.3) is 0 Å². The second-order valence-corrected chi connectivity index (χ2v) is 7.61. The van der Waals surface area contributed by atoms with E-state index < -0.39 is 6.61 Å². The Kier molecular flexibility index (Phi) is 8.44. The first-order valence-corrected chi connectivity index (χ1v) is 10.8. The number of rotatable bonds is 8. The monoisotopic (exact) mass is 431 g/mol. The Balaban J connectivity index is 1.57. The van der Waals surface area contributed by atoms with Crippen molar-refractivity contribution in [3.63, 3.8) is 0 Å². The SMILES string of the molecule is CCNC(=NCCc1ccncc1C)NC1CCCN(c2ccc(OC(F)F)cc2)C1. The molecule has 0 aliphatic carbocycles. The van der Waals surface area contributed by atoms with E-state index in [1.165, 1.54) is 11.1 Å². The lowest BCUT2D eigenvalue weighted by Gasteiger charge is -2.35. The van der Waals surface area contributed by atoms with Crippen LogP contribution >= 0.6 is 0 Å². The molecule has 1 aliphatic rings. The number of aryl methyl sites for hydroxylation is 1. The van der Waals surface area contributed by atoms with Crippen LogP contribution in [0, 0.1) is 6.92 Å². The number of anilines is 1. The Bertz CT molecular complexity index is 844. The van der Waals surface area contributed by atoms with Gasteiger partial charge < -0.3 is 20.3 Å². The smallest absolute Gasteiger partial charge is 0.387 e. The van der Waals surface area contributed by atoms with Crippen molar-refractivity contribution < 1.29 is 13.5 Å². The summed E-state index contributed by atoms with van der Waals surface area (Å²) < 4.78 is 29.2. The molecule has 31 heavy (non-hydrogen) atoms. The summed E-state index contributed by atoms with van der Waals surface area (Å²) in [6.45, 7) is 4.56. The van der Waals surface area contributed by atoms with Gasteiger partial charge in [0.1, 0.15) is 5.75 Å². The first-order valence-electron chi connectivity index (χ1n) is 10.8. The minimum absolute atomic E-state index is 0.177. The van der Waals surface area contributed by atoms with Gasteiger partial charge in [0.25, 0.3) is 0 Å². The Labute approximate surface area is 182 Å². The molecule has 0 spiro atoms. The van der Waals surface area contributed by atoms with Crippen LogP contribution in [0.2, 0.25) is 0 Å². The molecule has 1 aromatic carbocycles. The van der Waals surface area contributed by atoms with E-state index in [-0.39, 0.29) is 11.8 Å². The number of aliphatic imine (C=N–C) groups is 1. The first kappa shape index (κ1) is 22.8. The third-order valence-electron chi connectivity index (χ3n) is 5.32. The van der Waals surface area contributed by atoms with E-state index in [2.05, 4.69) is 39.1 Å². The summed E-state index contributed by atoms with van der Waals surface area (Å²) in [7, 11) is 0. The molecule has 3 rings (SSSR count). The molecule has 0 saturated carbocycles. The van der Waals surface area contributed by atoms with Crippen LogP contribution in [0.4, 0.5) is 14.5 Å². The third-order valence-corrected chi connectivity index (χ3v) is 5.32. The first-order chi connectivity index (χ1) is 15.0. The Morgan fingerprint density at radius 3 is 2.81 bits per heavy atom. The van der Waals surface area contributed by atoms with Crippen LogP contribution in [0.15, 0.2) is 47.7 Å². The molecule has 1 aromatic heterocycles. The van der Waals surface area contributed by atoms with Crippen LogP contribution in [0.5, 0.6) is 5.75 Å². The number of guanidine groups is 1. The molecule has 1 saturated heterocycles. The summed E-state index contributed by atoms with van der Waals surface area (Å²) in [5.74, 6) is 0.998. The summed E-state index contributed by atoms with van der Waals surface area (Å²) in [6.07, 6.45) is 6.66. The Morgan fingerprint density at radius 2 is 2.10 bits per heavy atom. The van der Waals surface area contributed by atoms with E-state index in [0.717, 1.165) is 50.5 Å². The van der Waals surface area contributed by atoms with Crippen LogP contribution in [0.1, 0.15) is 30.9 Å². The van der Waals surface area contributed by atoms with Gasteiger partial charge in [-0.1, -0.05) is 0 Å². The number of piperidine rings is 1. The number of benzene rings is 1. The Hall–Kier alpha value is -2.90. The number of pyridine rings is 1. The Morgan fingerprint density at radius 1 is 1.29 bits per heavy atom. The maximum Gasteiger partial charge on any atom is 0.387 e. The van der Waals surface area contributed by atoms with Gasteiger partial charge in [0, 0.05) is 50.3 Å². The van der Waals surface area contributed by atoms with Gasteiger partial charge in [0.15, 0.2) is 5.96 Å². The number of aromatic nitrogens is 1. The van der Waals surface area contributed by atoms with Crippen LogP contribution < -0.4 is 20.3 Å². The second kappa shape index (κ2) is 11.5. The summed E-state index contributed by atoms with van der Waals surface area (Å²) in [6, 6.07) is 9.14. The molecule has 1 unspecified atom stereocenters. The summed E-state index contributed by atoms with van der Waals surface area (Å²) >= 11 is 0. The summed E-state index contributed by atoms with van der Waals surface area (Å²) in [5.41, 5.74) is 3.45. The zero-order chi connectivity index (χ0) is 22.1. The highest BCUT2D eigenvalue weighted by molar-refractivity contribution is 5.80. The minimum Gasteiger partial charge on any atom is -0.435 e. The molecule has 2 heterocycles. The number of alkyl halides is 2. The van der Waals surface area contributed by atoms with E-state index in [4.69, 9.17) is 4.99 Å². The lowest BCUT2D eigenvalue weighted by atomic mass is 10.0. The topological polar surface area (TPSA) is 61.8 Å². The van der Waals surface area contributed by atoms with Gasteiger partial charge >= 0.3 is 6.61 Å². The van der Waals surface area contributed by atoms with Gasteiger partial charge in [-0.2, -0.15) is 8.78 Å². The van der Waals surface area contributed by atoms with Gasteiger partial charge in [0.2, 0.25) is 0 Å². The number of hydrogen-bond donors (Lipinski definition) is 2. The maximum atomic E-state index is 12.4. The predicted octanol–water partition coefficient (Wildman–Crippen LogP) is 3.76. The van der Waals surface area contributed by atoms with Gasteiger partial charge in [-0.05, 0) is 74.6 Å². The van der Waals surface area contributed by atoms with Gasteiger partial charge in [-0.25, -0.2) is 0 Å². The molecular weight excluding hydrogens is 400 g/mol. The molecule has 2 N–H and O–H groups in total. The molecule has 1 atom stereocenters. The van der Waals surface area contributed by atoms with Crippen molar-refractivity contribution in [2.24, 2.45) is 4.99 Å². The highest BCUT2D eigenvalue weighted by atomic mass is 19.3. The van der Waals surface area contributed by atoms with Crippen molar-refractivity contribution in [2.75, 3.05) is 31.1 Å². The number of halogens is 2. The van der Waals surface area contributed by atoms with Crippen molar-refractivity contribution in [1.82, 2.24) is 15.6 Å². The van der Waals surface area contributed by atoms with Crippen LogP contribution in [-0.4, -0.2) is 49.8 Å². The van der Waals surface area contributed by atoms with Gasteiger partial charge in [-0.15, -0.1) is 0 Å². The normalized spacial score (nSPS) is 17.0. The number of ether oxygens (including phenoxy) is 1. The van der Waals surface area contributed by atoms with Crippen molar-refractivity contribution in [2.45, 2.75) is 45.8 Å². The molecule has 6 nitrogen and oxygen atoms in total. The average Bonchev–Trinajstić information content (AvgIpc) is 2.75. The average molecular weight is 432 g/mol. The van der Waals surface area contributed by atoms with E-state index in [1.807, 2.05) is 30.6 Å². The molecular formula is C23H31F2N5O. The van der Waals surface area contributed by atoms with Crippen molar-refractivity contribution in [1.29, 1.82) is 0 Å². The second-order valence-electron chi connectivity index (χ2n) is 7.61. The molecule has 8 heteroatoms. The fraction of sp³-hybridized carbons (Fsp3) is 0.478. The van der Waals surface area contributed by atoms with E-state index in [9.17, 15) is 8.78 Å². The van der Waals surface area contributed by atoms with Crippen molar-refractivity contribution >= 4 is 11.6 Å². The quantitative estimate of drug-likeness (QED) is 0.492. The van der Waals surface area contributed by atoms with Crippen LogP contribution in [0.3, 0.4) is 0 Å². The highest BCUT2D eigenvalue weighted by Gasteiger charge is 2.21.